The summed E-state index contributed by atoms with van der Waals surface area (Å²) >= 11 is 0. The lowest BCUT2D eigenvalue weighted by Crippen LogP contribution is -2.65. The molecule has 2 fully saturated rings. The third kappa shape index (κ3) is 2.43. The number of rotatable bonds is 6. The predicted molar refractivity (Wildman–Crippen MR) is 109 cm³/mol. The number of nitrogens with zero attached hydrogens (tertiary/aromatic N) is 1. The maximum absolute atomic E-state index is 6.86. The molecule has 2 aliphatic heterocycles. The smallest absolute Gasteiger partial charge is 0.165 e. The first-order chi connectivity index (χ1) is 13.2. The molecule has 1 saturated carbocycles. The fraction of sp³-hybridized carbons (Fsp3) is 0.750. The number of likely N-dealkylation sites (N-methyl/N-ethyl adjacent to an activating group) is 1. The Kier molecular flexibility index (Phi) is 4.42. The Labute approximate surface area is 164 Å². The predicted octanol–water partition coefficient (Wildman–Crippen LogP) is 4.95. The lowest BCUT2D eigenvalue weighted by Gasteiger charge is -2.59. The lowest BCUT2D eigenvalue weighted by atomic mass is 9.50. The average Bonchev–Trinajstić information content (AvgIpc) is 3.03. The molecule has 2 bridgehead atoms. The number of hydrogen-bond donors (Lipinski definition) is 0. The third-order valence-corrected chi connectivity index (χ3v) is 8.35. The molecule has 4 aliphatic rings. The zero-order chi connectivity index (χ0) is 18.6. The van der Waals surface area contributed by atoms with Gasteiger partial charge in [0.2, 0.25) is 0 Å². The van der Waals surface area contributed by atoms with Crippen molar-refractivity contribution in [2.24, 2.45) is 11.8 Å². The summed E-state index contributed by atoms with van der Waals surface area (Å²) in [4.78, 5) is 2.64. The molecule has 1 saturated heterocycles. The van der Waals surface area contributed by atoms with Crippen molar-refractivity contribution in [1.29, 1.82) is 0 Å². The van der Waals surface area contributed by atoms with Crippen LogP contribution in [0.25, 0.3) is 0 Å². The second-order valence-corrected chi connectivity index (χ2v) is 9.51. The highest BCUT2D eigenvalue weighted by Crippen LogP contribution is 2.65. The van der Waals surface area contributed by atoms with E-state index in [4.69, 9.17) is 9.47 Å². The summed E-state index contributed by atoms with van der Waals surface area (Å²) in [7, 11) is 4.13. The first-order valence-corrected chi connectivity index (χ1v) is 11.3. The Morgan fingerprint density at radius 3 is 2.93 bits per heavy atom. The number of benzene rings is 1. The van der Waals surface area contributed by atoms with Gasteiger partial charge in [0.15, 0.2) is 11.5 Å². The molecule has 0 amide bonds. The van der Waals surface area contributed by atoms with Crippen molar-refractivity contribution >= 4 is 0 Å². The van der Waals surface area contributed by atoms with Gasteiger partial charge in [0, 0.05) is 17.0 Å². The molecular weight excluding hydrogens is 334 g/mol. The highest BCUT2D eigenvalue weighted by molar-refractivity contribution is 5.61. The third-order valence-electron chi connectivity index (χ3n) is 8.35. The minimum atomic E-state index is 0.252. The summed E-state index contributed by atoms with van der Waals surface area (Å²) in [6, 6.07) is 5.17. The average molecular weight is 370 g/mol. The van der Waals surface area contributed by atoms with E-state index in [1.165, 1.54) is 69.9 Å². The molecule has 1 aromatic rings. The van der Waals surface area contributed by atoms with Crippen molar-refractivity contribution in [3.8, 4) is 11.5 Å². The second-order valence-electron chi connectivity index (χ2n) is 9.51. The van der Waals surface area contributed by atoms with Gasteiger partial charge in [-0.25, -0.2) is 0 Å². The molecular formula is C24H35NO2. The number of likely N-dealkylation sites (tertiary alicyclic amines) is 1. The fourth-order valence-electron chi connectivity index (χ4n) is 7.13. The fourth-order valence-corrected chi connectivity index (χ4v) is 7.13. The summed E-state index contributed by atoms with van der Waals surface area (Å²) in [5.41, 5.74) is 3.34. The van der Waals surface area contributed by atoms with E-state index < -0.39 is 0 Å². The van der Waals surface area contributed by atoms with E-state index in [1.54, 1.807) is 12.7 Å². The van der Waals surface area contributed by atoms with Crippen molar-refractivity contribution < 1.29 is 9.47 Å². The Morgan fingerprint density at radius 1 is 1.22 bits per heavy atom. The summed E-state index contributed by atoms with van der Waals surface area (Å²) < 4.78 is 12.6. The van der Waals surface area contributed by atoms with Crippen molar-refractivity contribution in [1.82, 2.24) is 4.90 Å². The summed E-state index contributed by atoms with van der Waals surface area (Å²) in [6.07, 6.45) is 12.3. The van der Waals surface area contributed by atoms with E-state index in [1.807, 2.05) is 0 Å². The van der Waals surface area contributed by atoms with E-state index in [0.29, 0.717) is 18.1 Å². The van der Waals surface area contributed by atoms with Gasteiger partial charge in [0.25, 0.3) is 0 Å². The van der Waals surface area contributed by atoms with Gasteiger partial charge in [-0.3, -0.25) is 0 Å². The van der Waals surface area contributed by atoms with Crippen LogP contribution in [0.2, 0.25) is 0 Å². The molecule has 0 aromatic heterocycles. The van der Waals surface area contributed by atoms with Crippen LogP contribution in [-0.4, -0.2) is 37.7 Å². The van der Waals surface area contributed by atoms with Gasteiger partial charge in [0.05, 0.1) is 7.11 Å². The van der Waals surface area contributed by atoms with Crippen LogP contribution in [0.4, 0.5) is 0 Å². The molecule has 5 rings (SSSR count). The van der Waals surface area contributed by atoms with Gasteiger partial charge < -0.3 is 14.4 Å². The largest absolute Gasteiger partial charge is 0.493 e. The zero-order valence-corrected chi connectivity index (χ0v) is 17.3. The quantitative estimate of drug-likeness (QED) is 0.662. The molecule has 5 atom stereocenters. The highest BCUT2D eigenvalue weighted by Gasteiger charge is 2.65. The van der Waals surface area contributed by atoms with Crippen molar-refractivity contribution in [2.45, 2.75) is 82.3 Å². The van der Waals surface area contributed by atoms with Crippen molar-refractivity contribution in [2.75, 3.05) is 20.7 Å². The van der Waals surface area contributed by atoms with Gasteiger partial charge >= 0.3 is 0 Å². The molecule has 2 aliphatic carbocycles. The molecule has 2 heterocycles. The number of unbranched alkanes of at least 4 members (excludes halogenated alkanes) is 3. The molecule has 3 nitrogen and oxygen atoms in total. The Hall–Kier alpha value is -1.22. The molecule has 3 heteroatoms. The minimum Gasteiger partial charge on any atom is -0.493 e. The summed E-state index contributed by atoms with van der Waals surface area (Å²) in [6.45, 7) is 3.51. The standard InChI is InChI=1S/C24H35NO2/c1-4-5-6-7-8-16-9-11-18-19-15-17-10-12-20(26-3)22-21(17)24(18,23(16)27-22)13-14-25(19)2/h10,12,16,18-19,23H,4-9,11,13-15H2,1-3H3/t16-,18+,19-,23+,24+/m1/s1. The SMILES string of the molecule is CCCCCC[C@@H]1CC[C@H]2[C@H]3Cc4ccc(OC)c5c4[C@@]2(CCN3C)[C@H]1O5. The molecule has 0 unspecified atom stereocenters. The molecule has 0 N–H and O–H groups in total. The number of hydrogen-bond acceptors (Lipinski definition) is 3. The summed E-state index contributed by atoms with van der Waals surface area (Å²) in [5.74, 6) is 3.53. The van der Waals surface area contributed by atoms with Crippen LogP contribution in [0.3, 0.4) is 0 Å². The normalized spacial score (nSPS) is 36.3. The highest BCUT2D eigenvalue weighted by atomic mass is 16.5. The van der Waals surface area contributed by atoms with E-state index in [9.17, 15) is 0 Å². The Bertz CT molecular complexity index is 717. The lowest BCUT2D eigenvalue weighted by molar-refractivity contribution is -0.0710. The zero-order valence-electron chi connectivity index (χ0n) is 17.3. The van der Waals surface area contributed by atoms with Crippen molar-refractivity contribution in [3.05, 3.63) is 23.3 Å². The topological polar surface area (TPSA) is 21.7 Å². The van der Waals surface area contributed by atoms with Crippen LogP contribution >= 0.6 is 0 Å². The molecule has 1 aromatic carbocycles. The maximum atomic E-state index is 6.86. The molecule has 1 spiro atoms. The van der Waals surface area contributed by atoms with Crippen LogP contribution in [0, 0.1) is 11.8 Å². The van der Waals surface area contributed by atoms with Crippen molar-refractivity contribution in [3.63, 3.8) is 0 Å². The van der Waals surface area contributed by atoms with Gasteiger partial charge in [-0.2, -0.15) is 0 Å². The van der Waals surface area contributed by atoms with Crippen LogP contribution in [-0.2, 0) is 11.8 Å². The minimum absolute atomic E-state index is 0.252. The van der Waals surface area contributed by atoms with Gasteiger partial charge in [-0.15, -0.1) is 0 Å². The first kappa shape index (κ1) is 17.8. The molecule has 27 heavy (non-hydrogen) atoms. The Morgan fingerprint density at radius 2 is 2.11 bits per heavy atom. The van der Waals surface area contributed by atoms with E-state index in [2.05, 4.69) is 31.0 Å². The molecule has 0 radical (unpaired) electrons. The Balaban J connectivity index is 1.55. The second kappa shape index (κ2) is 6.69. The van der Waals surface area contributed by atoms with Crippen LogP contribution < -0.4 is 9.47 Å². The number of methoxy groups -OCH3 is 1. The van der Waals surface area contributed by atoms with Crippen LogP contribution in [0.15, 0.2) is 12.1 Å². The number of ether oxygens (including phenoxy) is 2. The van der Waals surface area contributed by atoms with E-state index >= 15 is 0 Å². The summed E-state index contributed by atoms with van der Waals surface area (Å²) in [5, 5.41) is 0. The van der Waals surface area contributed by atoms with Crippen LogP contribution in [0.1, 0.15) is 69.4 Å². The van der Waals surface area contributed by atoms with E-state index in [0.717, 1.165) is 17.4 Å². The van der Waals surface area contributed by atoms with Gasteiger partial charge in [-0.05, 0) is 69.2 Å². The van der Waals surface area contributed by atoms with E-state index in [-0.39, 0.29) is 5.41 Å². The van der Waals surface area contributed by atoms with Gasteiger partial charge in [-0.1, -0.05) is 38.7 Å². The monoisotopic (exact) mass is 369 g/mol. The first-order valence-electron chi connectivity index (χ1n) is 11.3. The van der Waals surface area contributed by atoms with Crippen LogP contribution in [0.5, 0.6) is 11.5 Å². The number of piperidine rings is 1. The van der Waals surface area contributed by atoms with Gasteiger partial charge in [0.1, 0.15) is 6.10 Å². The maximum Gasteiger partial charge on any atom is 0.165 e. The molecule has 148 valence electrons.